The number of aromatic nitrogens is 4. The molecular weight excluding hydrogens is 472 g/mol. The van der Waals surface area contributed by atoms with Crippen molar-refractivity contribution in [2.24, 2.45) is 5.92 Å². The normalized spacial score (nSPS) is 27.9. The Hall–Kier alpha value is -3.86. The predicted molar refractivity (Wildman–Crippen MR) is 133 cm³/mol. The fraction of sp³-hybridized carbons (Fsp3) is 0.462. The van der Waals surface area contributed by atoms with Gasteiger partial charge in [0.2, 0.25) is 11.7 Å². The van der Waals surface area contributed by atoms with Crippen LogP contribution in [0.4, 0.5) is 5.69 Å². The minimum Gasteiger partial charge on any atom is -0.356 e. The lowest BCUT2D eigenvalue weighted by Gasteiger charge is -2.37. The molecule has 2 bridgehead atoms. The summed E-state index contributed by atoms with van der Waals surface area (Å²) in [7, 11) is 0. The maximum atomic E-state index is 14.4. The Labute approximate surface area is 213 Å². The van der Waals surface area contributed by atoms with Gasteiger partial charge in [-0.1, -0.05) is 18.2 Å². The molecule has 190 valence electrons. The lowest BCUT2D eigenvalue weighted by molar-refractivity contribution is -0.139. The molecule has 4 aliphatic heterocycles. The van der Waals surface area contributed by atoms with E-state index in [9.17, 15) is 14.4 Å². The Bertz CT molecular complexity index is 1390. The number of carbonyl (C=O) groups excluding carboxylic acids is 3. The zero-order valence-corrected chi connectivity index (χ0v) is 20.4. The average Bonchev–Trinajstić information content (AvgIpc) is 3.66. The number of carbonyl (C=O) groups is 3. The molecule has 1 N–H and O–H groups in total. The molecule has 4 aliphatic rings. The third-order valence-electron chi connectivity index (χ3n) is 8.43. The Kier molecular flexibility index (Phi) is 5.04. The number of amides is 3. The number of hydrogen-bond acceptors (Lipinski definition) is 7. The highest BCUT2D eigenvalue weighted by Crippen LogP contribution is 2.57. The maximum Gasteiger partial charge on any atom is 0.293 e. The summed E-state index contributed by atoms with van der Waals surface area (Å²) in [6.07, 6.45) is 6.61. The zero-order chi connectivity index (χ0) is 25.1. The maximum absolute atomic E-state index is 14.4. The number of anilines is 1. The van der Waals surface area contributed by atoms with Crippen LogP contribution in [0.25, 0.3) is 5.78 Å². The summed E-state index contributed by atoms with van der Waals surface area (Å²) in [6, 6.07) is 9.80. The van der Waals surface area contributed by atoms with Crippen molar-refractivity contribution in [3.8, 4) is 0 Å². The number of benzene rings is 1. The number of rotatable bonds is 1. The molecule has 6 heterocycles. The van der Waals surface area contributed by atoms with Gasteiger partial charge in [-0.15, -0.1) is 5.10 Å². The highest BCUT2D eigenvalue weighted by molar-refractivity contribution is 6.11. The summed E-state index contributed by atoms with van der Waals surface area (Å²) in [5, 5.41) is 7.39. The highest BCUT2D eigenvalue weighted by Gasteiger charge is 2.67. The monoisotopic (exact) mass is 500 g/mol. The Balaban J connectivity index is 1.26. The van der Waals surface area contributed by atoms with Crippen LogP contribution in [0.1, 0.15) is 41.9 Å². The number of nitrogens with zero attached hydrogens (tertiary/aromatic N) is 7. The number of nitrogens with one attached hydrogen (secondary N) is 1. The molecule has 0 radical (unpaired) electrons. The van der Waals surface area contributed by atoms with Gasteiger partial charge in [0.15, 0.2) is 0 Å². The van der Waals surface area contributed by atoms with Crippen molar-refractivity contribution in [1.29, 1.82) is 0 Å². The van der Waals surface area contributed by atoms with Gasteiger partial charge in [0.1, 0.15) is 5.54 Å². The van der Waals surface area contributed by atoms with Crippen molar-refractivity contribution in [3.63, 3.8) is 0 Å². The van der Waals surface area contributed by atoms with Crippen LogP contribution in [-0.4, -0.2) is 85.9 Å². The highest BCUT2D eigenvalue weighted by atomic mass is 16.2. The van der Waals surface area contributed by atoms with Crippen LogP contribution >= 0.6 is 0 Å². The standard InChI is InChI=1S/C26H28N8O3/c35-22-19-16-17-6-3-12-33(17)26(19)18-7-1-2-8-20(18)32(24(26)37)15-14-31(11-4-9-27-22)23(36)21-29-25-28-10-5-13-34(25)30-21/h1-2,5,7-8,10,13,17,19H,3-4,6,9,11-12,14-16H2,(H,27,35)/t17-,19-,26+/m0/s1. The molecule has 0 saturated carbocycles. The van der Waals surface area contributed by atoms with Gasteiger partial charge in [0.25, 0.3) is 17.6 Å². The van der Waals surface area contributed by atoms with Crippen LogP contribution in [0, 0.1) is 5.92 Å². The Morgan fingerprint density at radius 2 is 1.95 bits per heavy atom. The summed E-state index contributed by atoms with van der Waals surface area (Å²) in [5.41, 5.74) is 0.763. The van der Waals surface area contributed by atoms with E-state index in [1.807, 2.05) is 24.3 Å². The van der Waals surface area contributed by atoms with Crippen LogP contribution < -0.4 is 10.2 Å². The third kappa shape index (κ3) is 3.16. The van der Waals surface area contributed by atoms with Gasteiger partial charge >= 0.3 is 0 Å². The second kappa shape index (κ2) is 8.34. The van der Waals surface area contributed by atoms with Crippen LogP contribution in [0.2, 0.25) is 0 Å². The van der Waals surface area contributed by atoms with E-state index in [-0.39, 0.29) is 29.6 Å². The van der Waals surface area contributed by atoms with Crippen molar-refractivity contribution >= 4 is 29.2 Å². The third-order valence-corrected chi connectivity index (χ3v) is 8.43. The molecule has 2 aromatic heterocycles. The summed E-state index contributed by atoms with van der Waals surface area (Å²) in [5.74, 6) is -0.460. The minimum absolute atomic E-state index is 0.0544. The quantitative estimate of drug-likeness (QED) is 0.526. The molecule has 0 unspecified atom stereocenters. The summed E-state index contributed by atoms with van der Waals surface area (Å²) in [4.78, 5) is 55.7. The summed E-state index contributed by atoms with van der Waals surface area (Å²) < 4.78 is 1.47. The fourth-order valence-corrected chi connectivity index (χ4v) is 6.89. The molecule has 3 saturated heterocycles. The lowest BCUT2D eigenvalue weighted by Crippen LogP contribution is -2.57. The SMILES string of the molecule is O=C1NCCCN(C(=O)c2nc3ncccn3n2)CCN2C(=O)[C@@]3(c4ccccc42)[C@H]1C[C@@H]1CCCN13. The minimum atomic E-state index is -0.981. The van der Waals surface area contributed by atoms with E-state index in [0.29, 0.717) is 44.8 Å². The van der Waals surface area contributed by atoms with E-state index in [1.54, 1.807) is 28.3 Å². The largest absolute Gasteiger partial charge is 0.356 e. The van der Waals surface area contributed by atoms with Gasteiger partial charge in [-0.2, -0.15) is 4.98 Å². The zero-order valence-electron chi connectivity index (χ0n) is 20.4. The second-order valence-electron chi connectivity index (χ2n) is 10.3. The second-order valence-corrected chi connectivity index (χ2v) is 10.3. The summed E-state index contributed by atoms with van der Waals surface area (Å²) >= 11 is 0. The average molecular weight is 501 g/mol. The topological polar surface area (TPSA) is 116 Å². The van der Waals surface area contributed by atoms with E-state index < -0.39 is 11.5 Å². The first-order valence-corrected chi connectivity index (χ1v) is 13.0. The van der Waals surface area contributed by atoms with Gasteiger partial charge in [0, 0.05) is 55.9 Å². The van der Waals surface area contributed by atoms with Crippen LogP contribution in [-0.2, 0) is 15.1 Å². The van der Waals surface area contributed by atoms with E-state index in [0.717, 1.165) is 30.6 Å². The Morgan fingerprint density at radius 1 is 1.05 bits per heavy atom. The number of hydrogen-bond donors (Lipinski definition) is 1. The Morgan fingerprint density at radius 3 is 2.84 bits per heavy atom. The van der Waals surface area contributed by atoms with Crippen molar-refractivity contribution in [2.75, 3.05) is 37.6 Å². The van der Waals surface area contributed by atoms with Crippen molar-refractivity contribution in [1.82, 2.24) is 34.7 Å². The molecule has 3 fully saturated rings. The molecule has 3 atom stereocenters. The fourth-order valence-electron chi connectivity index (χ4n) is 6.89. The van der Waals surface area contributed by atoms with Crippen molar-refractivity contribution in [3.05, 3.63) is 54.1 Å². The van der Waals surface area contributed by atoms with Crippen LogP contribution in [0.5, 0.6) is 0 Å². The number of fused-ring (bicyclic) bond motifs is 5. The molecule has 11 heteroatoms. The number of para-hydroxylation sites is 1. The van der Waals surface area contributed by atoms with Gasteiger partial charge in [0.05, 0.1) is 5.92 Å². The first-order chi connectivity index (χ1) is 18.1. The van der Waals surface area contributed by atoms with Crippen molar-refractivity contribution in [2.45, 2.75) is 37.3 Å². The van der Waals surface area contributed by atoms with Crippen LogP contribution in [0.15, 0.2) is 42.7 Å². The molecular formula is C26H28N8O3. The molecule has 37 heavy (non-hydrogen) atoms. The molecule has 0 aliphatic carbocycles. The van der Waals surface area contributed by atoms with Crippen molar-refractivity contribution < 1.29 is 14.4 Å². The van der Waals surface area contributed by atoms with Gasteiger partial charge in [-0.25, -0.2) is 9.50 Å². The van der Waals surface area contributed by atoms with Gasteiger partial charge in [-0.05, 0) is 44.4 Å². The molecule has 7 rings (SSSR count). The van der Waals surface area contributed by atoms with E-state index in [1.165, 1.54) is 4.52 Å². The molecule has 3 aromatic rings. The van der Waals surface area contributed by atoms with E-state index in [4.69, 9.17) is 0 Å². The first-order valence-electron chi connectivity index (χ1n) is 13.0. The smallest absolute Gasteiger partial charge is 0.293 e. The van der Waals surface area contributed by atoms with E-state index in [2.05, 4.69) is 25.3 Å². The summed E-state index contributed by atoms with van der Waals surface area (Å²) in [6.45, 7) is 2.32. The molecule has 11 nitrogen and oxygen atoms in total. The molecule has 1 aromatic carbocycles. The van der Waals surface area contributed by atoms with Crippen LogP contribution in [0.3, 0.4) is 0 Å². The first kappa shape index (κ1) is 22.3. The molecule has 3 amide bonds. The van der Waals surface area contributed by atoms with E-state index >= 15 is 0 Å². The lowest BCUT2D eigenvalue weighted by atomic mass is 9.78. The predicted octanol–water partition coefficient (Wildman–Crippen LogP) is 0.813. The van der Waals surface area contributed by atoms with Gasteiger partial charge in [-0.3, -0.25) is 19.3 Å². The molecule has 1 spiro atoms. The van der Waals surface area contributed by atoms with Gasteiger partial charge < -0.3 is 15.1 Å².